The van der Waals surface area contributed by atoms with E-state index in [9.17, 15) is 9.59 Å². The van der Waals surface area contributed by atoms with Crippen molar-refractivity contribution in [2.24, 2.45) is 13.0 Å². The highest BCUT2D eigenvalue weighted by Gasteiger charge is 2.25. The molecule has 1 unspecified atom stereocenters. The van der Waals surface area contributed by atoms with Gasteiger partial charge in [0.15, 0.2) is 0 Å². The molecule has 1 amide bonds. The molecule has 0 aliphatic heterocycles. The quantitative estimate of drug-likeness (QED) is 0.829. The van der Waals surface area contributed by atoms with Crippen LogP contribution in [-0.4, -0.2) is 26.9 Å². The number of aromatic nitrogens is 2. The van der Waals surface area contributed by atoms with Gasteiger partial charge in [0.1, 0.15) is 5.82 Å². The molecule has 0 aliphatic rings. The van der Waals surface area contributed by atoms with E-state index in [1.54, 1.807) is 30.1 Å². The Labute approximate surface area is 147 Å². The minimum absolute atomic E-state index is 0.0571. The van der Waals surface area contributed by atoms with Crippen LogP contribution in [0.4, 0.5) is 0 Å². The summed E-state index contributed by atoms with van der Waals surface area (Å²) >= 11 is 5.98. The lowest BCUT2D eigenvalue weighted by atomic mass is 10.1. The standard InChI is InChI=1S/C18H24ClN3O2/c1-6-16(23)22(10-11(2)3)12(4)17-20-15-8-7-13(19)9-14(15)18(24)21(17)5/h7-9,11-12H,6,10H2,1-5H3. The van der Waals surface area contributed by atoms with Crippen molar-refractivity contribution in [2.45, 2.75) is 40.2 Å². The van der Waals surface area contributed by atoms with Crippen molar-refractivity contribution in [3.05, 3.63) is 39.4 Å². The van der Waals surface area contributed by atoms with Gasteiger partial charge in [0.05, 0.1) is 16.9 Å². The first-order valence-corrected chi connectivity index (χ1v) is 8.59. The largest absolute Gasteiger partial charge is 0.333 e. The molecule has 1 atom stereocenters. The Bertz CT molecular complexity index is 814. The molecule has 130 valence electrons. The molecule has 1 aromatic heterocycles. The summed E-state index contributed by atoms with van der Waals surface area (Å²) in [7, 11) is 1.69. The average Bonchev–Trinajstić information content (AvgIpc) is 2.55. The summed E-state index contributed by atoms with van der Waals surface area (Å²) in [4.78, 5) is 31.4. The molecule has 2 aromatic rings. The van der Waals surface area contributed by atoms with Crippen LogP contribution in [0.15, 0.2) is 23.0 Å². The summed E-state index contributed by atoms with van der Waals surface area (Å²) < 4.78 is 1.51. The number of fused-ring (bicyclic) bond motifs is 1. The van der Waals surface area contributed by atoms with Gasteiger partial charge in [-0.1, -0.05) is 32.4 Å². The van der Waals surface area contributed by atoms with Crippen LogP contribution in [0.1, 0.15) is 46.0 Å². The topological polar surface area (TPSA) is 55.2 Å². The van der Waals surface area contributed by atoms with Gasteiger partial charge in [0.2, 0.25) is 5.91 Å². The highest BCUT2D eigenvalue weighted by molar-refractivity contribution is 6.31. The van der Waals surface area contributed by atoms with Crippen LogP contribution in [-0.2, 0) is 11.8 Å². The van der Waals surface area contributed by atoms with E-state index in [-0.39, 0.29) is 17.5 Å². The van der Waals surface area contributed by atoms with Gasteiger partial charge < -0.3 is 4.90 Å². The molecule has 0 radical (unpaired) electrons. The molecule has 0 fully saturated rings. The minimum atomic E-state index is -0.280. The smallest absolute Gasteiger partial charge is 0.261 e. The zero-order valence-corrected chi connectivity index (χ0v) is 15.6. The van der Waals surface area contributed by atoms with E-state index in [1.165, 1.54) is 4.57 Å². The predicted molar refractivity (Wildman–Crippen MR) is 97.3 cm³/mol. The summed E-state index contributed by atoms with van der Waals surface area (Å²) in [6, 6.07) is 4.80. The summed E-state index contributed by atoms with van der Waals surface area (Å²) in [5.74, 6) is 0.971. The highest BCUT2D eigenvalue weighted by Crippen LogP contribution is 2.22. The number of hydrogen-bond donors (Lipinski definition) is 0. The van der Waals surface area contributed by atoms with Crippen molar-refractivity contribution in [3.63, 3.8) is 0 Å². The van der Waals surface area contributed by atoms with Crippen LogP contribution >= 0.6 is 11.6 Å². The fraction of sp³-hybridized carbons (Fsp3) is 0.500. The molecule has 5 nitrogen and oxygen atoms in total. The lowest BCUT2D eigenvalue weighted by Gasteiger charge is -2.31. The number of carbonyl (C=O) groups is 1. The van der Waals surface area contributed by atoms with Gasteiger partial charge >= 0.3 is 0 Å². The molecule has 0 spiro atoms. The number of nitrogens with zero attached hydrogens (tertiary/aromatic N) is 3. The molecule has 1 heterocycles. The van der Waals surface area contributed by atoms with E-state index in [2.05, 4.69) is 18.8 Å². The zero-order valence-electron chi connectivity index (χ0n) is 14.8. The lowest BCUT2D eigenvalue weighted by molar-refractivity contribution is -0.133. The van der Waals surface area contributed by atoms with E-state index >= 15 is 0 Å². The van der Waals surface area contributed by atoms with Crippen LogP contribution in [0.3, 0.4) is 0 Å². The van der Waals surface area contributed by atoms with E-state index < -0.39 is 0 Å². The predicted octanol–water partition coefficient (Wildman–Crippen LogP) is 3.54. The maximum absolute atomic E-state index is 12.7. The van der Waals surface area contributed by atoms with Crippen molar-refractivity contribution in [2.75, 3.05) is 6.54 Å². The van der Waals surface area contributed by atoms with Crippen LogP contribution in [0.5, 0.6) is 0 Å². The summed E-state index contributed by atoms with van der Waals surface area (Å²) in [6.07, 6.45) is 0.425. The zero-order chi connectivity index (χ0) is 18.0. The van der Waals surface area contributed by atoms with E-state index in [1.807, 2.05) is 13.8 Å². The second kappa shape index (κ2) is 7.34. The van der Waals surface area contributed by atoms with Gasteiger partial charge in [-0.2, -0.15) is 0 Å². The third-order valence-electron chi connectivity index (χ3n) is 4.10. The molecule has 6 heteroatoms. The Morgan fingerprint density at radius 2 is 2.00 bits per heavy atom. The Balaban J connectivity index is 2.57. The molecule has 2 rings (SSSR count). The number of hydrogen-bond acceptors (Lipinski definition) is 3. The van der Waals surface area contributed by atoms with Gasteiger partial charge in [0.25, 0.3) is 5.56 Å². The minimum Gasteiger partial charge on any atom is -0.333 e. The Hall–Kier alpha value is -1.88. The monoisotopic (exact) mass is 349 g/mol. The van der Waals surface area contributed by atoms with Gasteiger partial charge in [0, 0.05) is 25.0 Å². The maximum atomic E-state index is 12.7. The van der Waals surface area contributed by atoms with Gasteiger partial charge in [-0.05, 0) is 31.0 Å². The van der Waals surface area contributed by atoms with Gasteiger partial charge in [-0.3, -0.25) is 14.2 Å². The maximum Gasteiger partial charge on any atom is 0.261 e. The average molecular weight is 350 g/mol. The third-order valence-corrected chi connectivity index (χ3v) is 4.33. The number of benzene rings is 1. The van der Waals surface area contributed by atoms with Crippen LogP contribution in [0, 0.1) is 5.92 Å². The highest BCUT2D eigenvalue weighted by atomic mass is 35.5. The van der Waals surface area contributed by atoms with Crippen molar-refractivity contribution < 1.29 is 4.79 Å². The molecule has 0 N–H and O–H groups in total. The fourth-order valence-electron chi connectivity index (χ4n) is 2.85. The van der Waals surface area contributed by atoms with Crippen LogP contribution in [0.2, 0.25) is 5.02 Å². The number of carbonyl (C=O) groups excluding carboxylic acids is 1. The van der Waals surface area contributed by atoms with E-state index in [0.29, 0.717) is 40.6 Å². The second-order valence-corrected chi connectivity index (χ2v) is 6.90. The Morgan fingerprint density at radius 1 is 1.33 bits per heavy atom. The van der Waals surface area contributed by atoms with Crippen molar-refractivity contribution in [3.8, 4) is 0 Å². The molecule has 0 bridgehead atoms. The SMILES string of the molecule is CCC(=O)N(CC(C)C)C(C)c1nc2ccc(Cl)cc2c(=O)n1C. The van der Waals surface area contributed by atoms with Crippen molar-refractivity contribution in [1.29, 1.82) is 0 Å². The molecule has 0 aliphatic carbocycles. The first-order valence-electron chi connectivity index (χ1n) is 8.21. The summed E-state index contributed by atoms with van der Waals surface area (Å²) in [5.41, 5.74) is 0.440. The molecule has 1 aromatic carbocycles. The first-order chi connectivity index (χ1) is 11.3. The van der Waals surface area contributed by atoms with Gasteiger partial charge in [-0.15, -0.1) is 0 Å². The fourth-order valence-corrected chi connectivity index (χ4v) is 3.02. The van der Waals surface area contributed by atoms with Crippen LogP contribution < -0.4 is 5.56 Å². The van der Waals surface area contributed by atoms with Crippen molar-refractivity contribution >= 4 is 28.4 Å². The third kappa shape index (κ3) is 3.61. The van der Waals surface area contributed by atoms with Gasteiger partial charge in [-0.25, -0.2) is 4.98 Å². The summed E-state index contributed by atoms with van der Waals surface area (Å²) in [5, 5.41) is 0.989. The van der Waals surface area contributed by atoms with E-state index in [4.69, 9.17) is 11.6 Å². The van der Waals surface area contributed by atoms with Crippen LogP contribution in [0.25, 0.3) is 10.9 Å². The molecule has 24 heavy (non-hydrogen) atoms. The first kappa shape index (κ1) is 18.5. The molecule has 0 saturated heterocycles. The number of amides is 1. The normalized spacial score (nSPS) is 12.6. The van der Waals surface area contributed by atoms with E-state index in [0.717, 1.165) is 0 Å². The second-order valence-electron chi connectivity index (χ2n) is 6.47. The lowest BCUT2D eigenvalue weighted by Crippen LogP contribution is -2.39. The Morgan fingerprint density at radius 3 is 2.58 bits per heavy atom. The summed E-state index contributed by atoms with van der Waals surface area (Å²) in [6.45, 7) is 8.52. The molecular weight excluding hydrogens is 326 g/mol. The number of rotatable bonds is 5. The molecular formula is C18H24ClN3O2. The molecule has 0 saturated carbocycles. The number of halogens is 1. The van der Waals surface area contributed by atoms with Crippen molar-refractivity contribution in [1.82, 2.24) is 14.5 Å². The Kier molecular flexibility index (Phi) is 5.65.